The maximum Gasteiger partial charge on any atom is 0.341 e. The van der Waals surface area contributed by atoms with E-state index in [1.54, 1.807) is 12.0 Å². The first-order chi connectivity index (χ1) is 17.8. The molecule has 0 unspecified atom stereocenters. The van der Waals surface area contributed by atoms with E-state index in [-0.39, 0.29) is 18.6 Å². The van der Waals surface area contributed by atoms with Gasteiger partial charge in [0.05, 0.1) is 18.4 Å². The van der Waals surface area contributed by atoms with E-state index in [0.29, 0.717) is 61.5 Å². The summed E-state index contributed by atoms with van der Waals surface area (Å²) in [5.74, 6) is 2.10. The number of hydrogen-bond acceptors (Lipinski definition) is 8. The molecule has 2 heterocycles. The molecule has 0 radical (unpaired) electrons. The monoisotopic (exact) mass is 533 g/mol. The molecule has 1 aromatic carbocycles. The van der Waals surface area contributed by atoms with Crippen molar-refractivity contribution in [2.24, 2.45) is 0 Å². The number of carbonyl (C=O) groups excluding carboxylic acids is 3. The summed E-state index contributed by atoms with van der Waals surface area (Å²) in [5.41, 5.74) is 4.10. The molecule has 2 aliphatic rings. The molecule has 1 saturated heterocycles. The molecule has 1 N–H and O–H groups in total. The number of rotatable bonds is 12. The van der Waals surface area contributed by atoms with Crippen LogP contribution in [0.2, 0.25) is 0 Å². The van der Waals surface area contributed by atoms with Crippen LogP contribution in [0.15, 0.2) is 11.6 Å². The zero-order valence-electron chi connectivity index (χ0n) is 22.6. The Morgan fingerprint density at radius 1 is 1.24 bits per heavy atom. The van der Waals surface area contributed by atoms with Gasteiger partial charge < -0.3 is 24.4 Å². The minimum absolute atomic E-state index is 0.151. The fourth-order valence-corrected chi connectivity index (χ4v) is 5.59. The molecular formula is C27H39N3O6S. The van der Waals surface area contributed by atoms with Gasteiger partial charge in [-0.05, 0) is 46.1 Å². The molecule has 37 heavy (non-hydrogen) atoms. The zero-order chi connectivity index (χ0) is 26.9. The van der Waals surface area contributed by atoms with Gasteiger partial charge in [0.25, 0.3) is 0 Å². The summed E-state index contributed by atoms with van der Waals surface area (Å²) in [6, 6.07) is -0.282. The third-order valence-corrected chi connectivity index (χ3v) is 7.85. The lowest BCUT2D eigenvalue weighted by atomic mass is 9.93. The summed E-state index contributed by atoms with van der Waals surface area (Å²) in [4.78, 5) is 41.8. The second kappa shape index (κ2) is 13.7. The second-order valence-electron chi connectivity index (χ2n) is 9.17. The summed E-state index contributed by atoms with van der Waals surface area (Å²) < 4.78 is 16.5. The summed E-state index contributed by atoms with van der Waals surface area (Å²) in [6.45, 7) is 11.1. The van der Waals surface area contributed by atoms with Crippen molar-refractivity contribution in [2.45, 2.75) is 53.6 Å². The first kappa shape index (κ1) is 28.8. The number of benzene rings is 1. The van der Waals surface area contributed by atoms with Gasteiger partial charge in [0, 0.05) is 55.4 Å². The number of nitrogens with one attached hydrogen (secondary N) is 1. The van der Waals surface area contributed by atoms with Crippen LogP contribution < -0.4 is 10.1 Å². The van der Waals surface area contributed by atoms with Gasteiger partial charge in [0.15, 0.2) is 0 Å². The highest BCUT2D eigenvalue weighted by atomic mass is 32.2. The quantitative estimate of drug-likeness (QED) is 0.313. The van der Waals surface area contributed by atoms with E-state index in [1.807, 2.05) is 45.5 Å². The molecule has 9 nitrogen and oxygen atoms in total. The van der Waals surface area contributed by atoms with E-state index in [0.717, 1.165) is 41.4 Å². The number of nitrogens with zero attached hydrogens (tertiary/aromatic N) is 2. The molecule has 1 fully saturated rings. The van der Waals surface area contributed by atoms with Gasteiger partial charge in [0.1, 0.15) is 19.0 Å². The average molecular weight is 534 g/mol. The smallest absolute Gasteiger partial charge is 0.341 e. The van der Waals surface area contributed by atoms with Crippen LogP contribution in [0.1, 0.15) is 60.7 Å². The Labute approximate surface area is 223 Å². The predicted molar refractivity (Wildman–Crippen MR) is 145 cm³/mol. The predicted octanol–water partition coefficient (Wildman–Crippen LogP) is 4.37. The standard InChI is InChI=1S/C27H39N3O6S/c1-6-30(7-2)27(33)28-24-20(25(34-5)19(4)21-16-36-26(32)23(21)24)10-8-18(3)9-11-22(31)35-14-12-29-13-15-37-17-29/h8H,6-7,9-17H2,1-5H3,(H,28,33). The topological polar surface area (TPSA) is 97.4 Å². The number of cyclic esters (lactones) is 1. The summed E-state index contributed by atoms with van der Waals surface area (Å²) in [7, 11) is 1.58. The normalized spacial score (nSPS) is 15.4. The number of anilines is 1. The summed E-state index contributed by atoms with van der Waals surface area (Å²) in [5, 5.41) is 2.96. The van der Waals surface area contributed by atoms with Crippen LogP contribution in [-0.4, -0.2) is 79.3 Å². The van der Waals surface area contributed by atoms with Crippen LogP contribution in [-0.2, 0) is 27.3 Å². The van der Waals surface area contributed by atoms with Crippen molar-refractivity contribution in [3.63, 3.8) is 0 Å². The number of urea groups is 1. The van der Waals surface area contributed by atoms with Crippen LogP contribution in [0.25, 0.3) is 0 Å². The Hall–Kier alpha value is -2.72. The number of amides is 2. The third kappa shape index (κ3) is 7.19. The molecule has 10 heteroatoms. The van der Waals surface area contributed by atoms with Crippen LogP contribution in [0.3, 0.4) is 0 Å². The Bertz CT molecular complexity index is 1030. The van der Waals surface area contributed by atoms with E-state index in [9.17, 15) is 14.4 Å². The summed E-state index contributed by atoms with van der Waals surface area (Å²) in [6.07, 6.45) is 3.29. The van der Waals surface area contributed by atoms with Crippen molar-refractivity contribution in [1.82, 2.24) is 9.80 Å². The van der Waals surface area contributed by atoms with E-state index >= 15 is 0 Å². The van der Waals surface area contributed by atoms with Gasteiger partial charge in [-0.2, -0.15) is 0 Å². The van der Waals surface area contributed by atoms with Crippen LogP contribution in [0, 0.1) is 6.92 Å². The lowest BCUT2D eigenvalue weighted by Gasteiger charge is -2.23. The van der Waals surface area contributed by atoms with Gasteiger partial charge in [0.2, 0.25) is 0 Å². The second-order valence-corrected chi connectivity index (χ2v) is 10.2. The molecule has 0 saturated carbocycles. The molecule has 3 rings (SSSR count). The minimum atomic E-state index is -0.451. The first-order valence-corrected chi connectivity index (χ1v) is 14.0. The average Bonchev–Trinajstić information content (AvgIpc) is 3.54. The van der Waals surface area contributed by atoms with E-state index in [2.05, 4.69) is 10.2 Å². The number of methoxy groups -OCH3 is 1. The molecule has 1 aromatic rings. The highest BCUT2D eigenvalue weighted by molar-refractivity contribution is 7.99. The van der Waals surface area contributed by atoms with Gasteiger partial charge in [-0.1, -0.05) is 11.6 Å². The zero-order valence-corrected chi connectivity index (χ0v) is 23.4. The van der Waals surface area contributed by atoms with Crippen molar-refractivity contribution in [3.8, 4) is 5.75 Å². The van der Waals surface area contributed by atoms with Crippen LogP contribution in [0.5, 0.6) is 5.75 Å². The maximum atomic E-state index is 13.0. The van der Waals surface area contributed by atoms with Crippen molar-refractivity contribution in [1.29, 1.82) is 0 Å². The van der Waals surface area contributed by atoms with Gasteiger partial charge in [-0.15, -0.1) is 11.8 Å². The minimum Gasteiger partial charge on any atom is -0.496 e. The largest absolute Gasteiger partial charge is 0.496 e. The molecule has 0 aliphatic carbocycles. The van der Waals surface area contributed by atoms with E-state index < -0.39 is 5.97 Å². The molecule has 0 bridgehead atoms. The highest BCUT2D eigenvalue weighted by Crippen LogP contribution is 2.41. The fourth-order valence-electron chi connectivity index (χ4n) is 4.55. The van der Waals surface area contributed by atoms with Gasteiger partial charge in [-0.25, -0.2) is 9.59 Å². The number of ether oxygens (including phenoxy) is 3. The lowest BCUT2D eigenvalue weighted by molar-refractivity contribution is -0.143. The highest BCUT2D eigenvalue weighted by Gasteiger charge is 2.33. The number of fused-ring (bicyclic) bond motifs is 1. The summed E-state index contributed by atoms with van der Waals surface area (Å²) >= 11 is 1.89. The number of allylic oxidation sites excluding steroid dienone is 2. The third-order valence-electron chi connectivity index (χ3n) is 6.83. The Balaban J connectivity index is 1.74. The van der Waals surface area contributed by atoms with Crippen molar-refractivity contribution in [3.05, 3.63) is 33.9 Å². The number of hydrogen-bond donors (Lipinski definition) is 1. The van der Waals surface area contributed by atoms with Gasteiger partial charge >= 0.3 is 18.0 Å². The Kier molecular flexibility index (Phi) is 10.7. The lowest BCUT2D eigenvalue weighted by Crippen LogP contribution is -2.35. The maximum absolute atomic E-state index is 13.0. The number of esters is 2. The number of thioether (sulfide) groups is 1. The Morgan fingerprint density at radius 3 is 2.65 bits per heavy atom. The molecule has 0 spiro atoms. The molecule has 204 valence electrons. The van der Waals surface area contributed by atoms with E-state index in [4.69, 9.17) is 14.2 Å². The van der Waals surface area contributed by atoms with Gasteiger partial charge in [-0.3, -0.25) is 9.69 Å². The first-order valence-electron chi connectivity index (χ1n) is 12.9. The van der Waals surface area contributed by atoms with Crippen molar-refractivity contribution < 1.29 is 28.6 Å². The molecule has 2 aliphatic heterocycles. The van der Waals surface area contributed by atoms with Crippen molar-refractivity contribution >= 4 is 35.4 Å². The van der Waals surface area contributed by atoms with E-state index in [1.165, 1.54) is 0 Å². The molecule has 2 amide bonds. The fraction of sp³-hybridized carbons (Fsp3) is 0.593. The molecule has 0 atom stereocenters. The molecule has 0 aromatic heterocycles. The molecular weight excluding hydrogens is 494 g/mol. The number of carbonyl (C=O) groups is 3. The SMILES string of the molecule is CCN(CC)C(=O)Nc1c(CC=C(C)CCC(=O)OCCN2CCSC2)c(OC)c(C)c2c1C(=O)OC2. The van der Waals surface area contributed by atoms with Crippen LogP contribution in [0.4, 0.5) is 10.5 Å². The van der Waals surface area contributed by atoms with Crippen LogP contribution >= 0.6 is 11.8 Å². The Morgan fingerprint density at radius 2 is 2.00 bits per heavy atom. The van der Waals surface area contributed by atoms with Crippen molar-refractivity contribution in [2.75, 3.05) is 56.8 Å².